The van der Waals surface area contributed by atoms with Gasteiger partial charge in [-0.05, 0) is 6.54 Å². The van der Waals surface area contributed by atoms with Crippen molar-refractivity contribution in [2.45, 2.75) is 6.42 Å². The van der Waals surface area contributed by atoms with Crippen molar-refractivity contribution in [2.24, 2.45) is 5.73 Å². The standard InChI is InChI=1S/C5H12NO3P/c6-2-4-10(9)3-1-5(7)8/h10H,1-4,6H2,(H,7,8). The lowest BCUT2D eigenvalue weighted by Crippen LogP contribution is -2.03. The number of aliphatic carboxylic acids is 1. The monoisotopic (exact) mass is 165 g/mol. The van der Waals surface area contributed by atoms with Crippen molar-refractivity contribution in [2.75, 3.05) is 18.9 Å². The van der Waals surface area contributed by atoms with E-state index in [0.29, 0.717) is 12.7 Å². The molecule has 0 bridgehead atoms. The molecule has 0 heterocycles. The lowest BCUT2D eigenvalue weighted by atomic mass is 10.5. The Bertz CT molecular complexity index is 137. The van der Waals surface area contributed by atoms with Gasteiger partial charge in [0.15, 0.2) is 0 Å². The predicted octanol–water partition coefficient (Wildman–Crippen LogP) is -0.0205. The molecule has 0 amide bonds. The van der Waals surface area contributed by atoms with E-state index < -0.39 is 13.8 Å². The van der Waals surface area contributed by atoms with Crippen LogP contribution in [-0.2, 0) is 9.36 Å². The first-order valence-electron chi connectivity index (χ1n) is 3.10. The average molecular weight is 165 g/mol. The van der Waals surface area contributed by atoms with Gasteiger partial charge in [0.2, 0.25) is 0 Å². The van der Waals surface area contributed by atoms with Crippen LogP contribution >= 0.6 is 7.80 Å². The van der Waals surface area contributed by atoms with Gasteiger partial charge >= 0.3 is 5.97 Å². The number of carboxylic acid groups (broad SMARTS) is 1. The fourth-order valence-corrected chi connectivity index (χ4v) is 1.60. The van der Waals surface area contributed by atoms with Gasteiger partial charge in [0.25, 0.3) is 0 Å². The first-order valence-corrected chi connectivity index (χ1v) is 4.92. The van der Waals surface area contributed by atoms with E-state index in [1.165, 1.54) is 0 Å². The summed E-state index contributed by atoms with van der Waals surface area (Å²) in [5, 5.41) is 8.18. The molecule has 0 aromatic heterocycles. The van der Waals surface area contributed by atoms with Gasteiger partial charge in [0, 0.05) is 12.3 Å². The van der Waals surface area contributed by atoms with E-state index in [-0.39, 0.29) is 12.6 Å². The number of nitrogens with two attached hydrogens (primary N) is 1. The molecule has 3 N–H and O–H groups in total. The van der Waals surface area contributed by atoms with Gasteiger partial charge < -0.3 is 15.4 Å². The summed E-state index contributed by atoms with van der Waals surface area (Å²) in [5.41, 5.74) is 5.11. The molecule has 4 nitrogen and oxygen atoms in total. The van der Waals surface area contributed by atoms with E-state index in [9.17, 15) is 9.36 Å². The van der Waals surface area contributed by atoms with Crippen LogP contribution < -0.4 is 5.73 Å². The van der Waals surface area contributed by atoms with Crippen LogP contribution in [-0.4, -0.2) is 29.9 Å². The lowest BCUT2D eigenvalue weighted by Gasteiger charge is -1.95. The summed E-state index contributed by atoms with van der Waals surface area (Å²) in [4.78, 5) is 9.95. The molecule has 0 fully saturated rings. The van der Waals surface area contributed by atoms with E-state index in [1.54, 1.807) is 0 Å². The Morgan fingerprint density at radius 1 is 1.50 bits per heavy atom. The Labute approximate surface area is 60.2 Å². The molecule has 0 aliphatic rings. The molecule has 1 unspecified atom stereocenters. The molecule has 0 aliphatic heterocycles. The van der Waals surface area contributed by atoms with Crippen LogP contribution in [0.4, 0.5) is 0 Å². The maximum absolute atomic E-state index is 10.8. The van der Waals surface area contributed by atoms with Crippen LogP contribution in [0.1, 0.15) is 6.42 Å². The second kappa shape index (κ2) is 5.45. The van der Waals surface area contributed by atoms with Gasteiger partial charge in [-0.2, -0.15) is 0 Å². The maximum atomic E-state index is 10.8. The first-order chi connectivity index (χ1) is 4.66. The number of hydrogen-bond donors (Lipinski definition) is 2. The summed E-state index contributed by atoms with van der Waals surface area (Å²) in [6, 6.07) is 0. The van der Waals surface area contributed by atoms with Crippen molar-refractivity contribution < 1.29 is 14.5 Å². The van der Waals surface area contributed by atoms with Crippen molar-refractivity contribution in [3.05, 3.63) is 0 Å². The molecule has 0 aliphatic carbocycles. The predicted molar refractivity (Wildman–Crippen MR) is 40.0 cm³/mol. The van der Waals surface area contributed by atoms with Crippen LogP contribution in [0.25, 0.3) is 0 Å². The Morgan fingerprint density at radius 3 is 2.50 bits per heavy atom. The van der Waals surface area contributed by atoms with E-state index >= 15 is 0 Å². The zero-order chi connectivity index (χ0) is 7.98. The fourth-order valence-electron chi connectivity index (χ4n) is 0.532. The third kappa shape index (κ3) is 5.79. The number of carboxylic acids is 1. The first kappa shape index (κ1) is 9.66. The minimum absolute atomic E-state index is 0.00219. The van der Waals surface area contributed by atoms with Gasteiger partial charge in [-0.3, -0.25) is 4.79 Å². The molecule has 0 aromatic rings. The zero-order valence-corrected chi connectivity index (χ0v) is 6.67. The molecule has 5 heteroatoms. The fraction of sp³-hybridized carbons (Fsp3) is 0.800. The molecule has 0 spiro atoms. The highest BCUT2D eigenvalue weighted by atomic mass is 31.1. The molecular formula is C5H12NO3P. The van der Waals surface area contributed by atoms with Gasteiger partial charge in [-0.1, -0.05) is 0 Å². The highest BCUT2D eigenvalue weighted by Crippen LogP contribution is 2.19. The molecule has 1 atom stereocenters. The van der Waals surface area contributed by atoms with Crippen molar-refractivity contribution in [1.82, 2.24) is 0 Å². The SMILES string of the molecule is NCC[PH](=O)CCC(=O)O. The summed E-state index contributed by atoms with van der Waals surface area (Å²) >= 11 is 0. The van der Waals surface area contributed by atoms with Crippen LogP contribution in [0.5, 0.6) is 0 Å². The van der Waals surface area contributed by atoms with E-state index in [2.05, 4.69) is 0 Å². The summed E-state index contributed by atoms with van der Waals surface area (Å²) < 4.78 is 10.8. The van der Waals surface area contributed by atoms with E-state index in [1.807, 2.05) is 0 Å². The van der Waals surface area contributed by atoms with Crippen molar-refractivity contribution in [3.8, 4) is 0 Å². The normalized spacial score (nSPS) is 12.9. The maximum Gasteiger partial charge on any atom is 0.303 e. The zero-order valence-electron chi connectivity index (χ0n) is 5.67. The molecular weight excluding hydrogens is 153 g/mol. The van der Waals surface area contributed by atoms with E-state index in [4.69, 9.17) is 10.8 Å². The van der Waals surface area contributed by atoms with Gasteiger partial charge in [0.1, 0.15) is 0 Å². The number of hydrogen-bond acceptors (Lipinski definition) is 3. The average Bonchev–Trinajstić information content (AvgIpc) is 1.85. The van der Waals surface area contributed by atoms with Crippen LogP contribution in [0.2, 0.25) is 0 Å². The van der Waals surface area contributed by atoms with Gasteiger partial charge in [-0.25, -0.2) is 0 Å². The molecule has 0 rings (SSSR count). The summed E-state index contributed by atoms with van der Waals surface area (Å²) in [7, 11) is -1.69. The van der Waals surface area contributed by atoms with Crippen molar-refractivity contribution in [3.63, 3.8) is 0 Å². The van der Waals surface area contributed by atoms with Crippen LogP contribution in [0.15, 0.2) is 0 Å². The quantitative estimate of drug-likeness (QED) is 0.561. The van der Waals surface area contributed by atoms with Gasteiger partial charge in [-0.15, -0.1) is 0 Å². The third-order valence-electron chi connectivity index (χ3n) is 1.04. The second-order valence-electron chi connectivity index (χ2n) is 1.97. The van der Waals surface area contributed by atoms with E-state index in [0.717, 1.165) is 0 Å². The lowest BCUT2D eigenvalue weighted by molar-refractivity contribution is -0.136. The Balaban J connectivity index is 3.30. The Morgan fingerprint density at radius 2 is 2.10 bits per heavy atom. The minimum atomic E-state index is -1.69. The van der Waals surface area contributed by atoms with Crippen LogP contribution in [0, 0.1) is 0 Å². The summed E-state index contributed by atoms with van der Waals surface area (Å²) in [6.45, 7) is 0.386. The molecule has 0 saturated carbocycles. The number of rotatable bonds is 5. The highest BCUT2D eigenvalue weighted by molar-refractivity contribution is 7.44. The minimum Gasteiger partial charge on any atom is -0.481 e. The Hall–Kier alpha value is -0.340. The number of carbonyl (C=O) groups is 1. The van der Waals surface area contributed by atoms with Crippen molar-refractivity contribution in [1.29, 1.82) is 0 Å². The molecule has 0 saturated heterocycles. The molecule has 0 radical (unpaired) electrons. The van der Waals surface area contributed by atoms with Crippen LogP contribution in [0.3, 0.4) is 0 Å². The molecule has 60 valence electrons. The second-order valence-corrected chi connectivity index (χ2v) is 4.05. The molecule has 0 aromatic carbocycles. The highest BCUT2D eigenvalue weighted by Gasteiger charge is 2.01. The summed E-state index contributed by atoms with van der Waals surface area (Å²) in [6.07, 6.45) is 0.757. The molecule has 10 heavy (non-hydrogen) atoms. The van der Waals surface area contributed by atoms with Crippen molar-refractivity contribution >= 4 is 13.8 Å². The largest absolute Gasteiger partial charge is 0.481 e. The summed E-state index contributed by atoms with van der Waals surface area (Å²) in [5.74, 6) is -0.893. The van der Waals surface area contributed by atoms with Gasteiger partial charge in [0.05, 0.1) is 14.2 Å². The topological polar surface area (TPSA) is 80.4 Å². The smallest absolute Gasteiger partial charge is 0.303 e. The third-order valence-corrected chi connectivity index (χ3v) is 2.69. The Kier molecular flexibility index (Phi) is 5.26.